The van der Waals surface area contributed by atoms with E-state index in [0.29, 0.717) is 5.92 Å². The number of hydrogen-bond acceptors (Lipinski definition) is 3. The first kappa shape index (κ1) is 31.5. The van der Waals surface area contributed by atoms with E-state index in [2.05, 4.69) is 85.3 Å². The van der Waals surface area contributed by atoms with Gasteiger partial charge in [0.1, 0.15) is 0 Å². The molecule has 7 rings (SSSR count). The van der Waals surface area contributed by atoms with E-state index in [9.17, 15) is 0 Å². The molecule has 1 radical (unpaired) electrons. The van der Waals surface area contributed by atoms with Crippen molar-refractivity contribution < 1.29 is 20.1 Å². The van der Waals surface area contributed by atoms with Gasteiger partial charge in [-0.3, -0.25) is 0 Å². The molecular formula is C38H38IrN2SSi-2. The monoisotopic (exact) mass is 775 g/mol. The van der Waals surface area contributed by atoms with Gasteiger partial charge in [0.25, 0.3) is 0 Å². The molecule has 0 atom stereocenters. The van der Waals surface area contributed by atoms with Crippen molar-refractivity contribution in [1.29, 1.82) is 0 Å². The summed E-state index contributed by atoms with van der Waals surface area (Å²) in [5, 5.41) is 4.27. The molecule has 1 aliphatic carbocycles. The third-order valence-corrected chi connectivity index (χ3v) is 11.6. The van der Waals surface area contributed by atoms with E-state index in [4.69, 9.17) is 4.98 Å². The van der Waals surface area contributed by atoms with Gasteiger partial charge in [-0.05, 0) is 64.9 Å². The van der Waals surface area contributed by atoms with Crippen molar-refractivity contribution in [3.63, 3.8) is 0 Å². The molecule has 1 fully saturated rings. The Bertz CT molecular complexity index is 1800. The maximum absolute atomic E-state index is 4.76. The summed E-state index contributed by atoms with van der Waals surface area (Å²) < 4.78 is 2.69. The second kappa shape index (κ2) is 13.8. The molecule has 3 aromatic heterocycles. The summed E-state index contributed by atoms with van der Waals surface area (Å²) in [4.78, 5) is 9.08. The molecule has 0 aliphatic heterocycles. The van der Waals surface area contributed by atoms with Crippen molar-refractivity contribution in [3.8, 4) is 22.5 Å². The fourth-order valence-electron chi connectivity index (χ4n) is 5.85. The Hall–Kier alpha value is -2.95. The van der Waals surface area contributed by atoms with Gasteiger partial charge in [0.2, 0.25) is 0 Å². The Morgan fingerprint density at radius 3 is 2.35 bits per heavy atom. The van der Waals surface area contributed by atoms with Crippen LogP contribution in [0.25, 0.3) is 42.7 Å². The molecule has 0 spiro atoms. The smallest absolute Gasteiger partial charge is 0.0776 e. The summed E-state index contributed by atoms with van der Waals surface area (Å²) >= 11 is 1.89. The van der Waals surface area contributed by atoms with Crippen LogP contribution in [0.1, 0.15) is 49.1 Å². The van der Waals surface area contributed by atoms with Crippen molar-refractivity contribution in [1.82, 2.24) is 9.97 Å². The minimum absolute atomic E-state index is 0. The van der Waals surface area contributed by atoms with E-state index in [1.165, 1.54) is 68.6 Å². The molecule has 1 aliphatic rings. The Morgan fingerprint density at radius 1 is 0.791 bits per heavy atom. The number of benzene rings is 3. The van der Waals surface area contributed by atoms with Crippen molar-refractivity contribution in [2.75, 3.05) is 0 Å². The van der Waals surface area contributed by atoms with E-state index in [1.54, 1.807) is 0 Å². The van der Waals surface area contributed by atoms with Crippen LogP contribution in [0.15, 0.2) is 91.3 Å². The van der Waals surface area contributed by atoms with Crippen LogP contribution in [0.3, 0.4) is 0 Å². The molecule has 0 bridgehead atoms. The second-order valence-corrected chi connectivity index (χ2v) is 18.6. The zero-order valence-electron chi connectivity index (χ0n) is 25.4. The van der Waals surface area contributed by atoms with Crippen LogP contribution < -0.4 is 5.19 Å². The number of hydrogen-bond donors (Lipinski definition) is 0. The van der Waals surface area contributed by atoms with Crippen LogP contribution in [-0.4, -0.2) is 18.0 Å². The molecule has 221 valence electrons. The van der Waals surface area contributed by atoms with Gasteiger partial charge < -0.3 is 9.97 Å². The first-order chi connectivity index (χ1) is 20.4. The molecule has 43 heavy (non-hydrogen) atoms. The van der Waals surface area contributed by atoms with Gasteiger partial charge in [0.05, 0.1) is 8.07 Å². The average Bonchev–Trinajstić information content (AvgIpc) is 3.41. The molecule has 2 nitrogen and oxygen atoms in total. The summed E-state index contributed by atoms with van der Waals surface area (Å²) in [6, 6.07) is 34.6. The summed E-state index contributed by atoms with van der Waals surface area (Å²) in [6.07, 6.45) is 10.6. The van der Waals surface area contributed by atoms with E-state index < -0.39 is 8.07 Å². The largest absolute Gasteiger partial charge is 0.305 e. The summed E-state index contributed by atoms with van der Waals surface area (Å²) in [5.74, 6) is 0.700. The minimum Gasteiger partial charge on any atom is -0.305 e. The molecular weight excluding hydrogens is 737 g/mol. The Balaban J connectivity index is 0.000000221. The maximum Gasteiger partial charge on any atom is 0.0776 e. The summed E-state index contributed by atoms with van der Waals surface area (Å²) in [6.45, 7) is 9.29. The van der Waals surface area contributed by atoms with E-state index in [0.717, 1.165) is 22.5 Å². The SMILES string of the molecule is C[Si](C)(C)c1ccc2sc3c(-c4cc(C5CCCCC5)ccn4)[c-]ccc3c2c1.Cc1ccc(-c2[c-]cccc2)nc1.[Ir]. The van der Waals surface area contributed by atoms with Crippen molar-refractivity contribution in [2.45, 2.75) is 64.6 Å². The predicted molar refractivity (Wildman–Crippen MR) is 183 cm³/mol. The molecule has 5 heteroatoms. The number of aromatic nitrogens is 2. The molecule has 0 saturated heterocycles. The summed E-state index contributed by atoms with van der Waals surface area (Å²) in [7, 11) is -1.33. The van der Waals surface area contributed by atoms with Crippen LogP contribution in [0.4, 0.5) is 0 Å². The quantitative estimate of drug-likeness (QED) is 0.132. The van der Waals surface area contributed by atoms with Gasteiger partial charge in [-0.1, -0.05) is 85.4 Å². The molecule has 3 aromatic carbocycles. The van der Waals surface area contributed by atoms with Crippen LogP contribution >= 0.6 is 11.3 Å². The predicted octanol–water partition coefficient (Wildman–Crippen LogP) is 10.4. The van der Waals surface area contributed by atoms with Crippen molar-refractivity contribution in [2.24, 2.45) is 0 Å². The zero-order valence-corrected chi connectivity index (χ0v) is 29.6. The number of nitrogens with zero attached hydrogens (tertiary/aromatic N) is 2. The first-order valence-electron chi connectivity index (χ1n) is 15.1. The van der Waals surface area contributed by atoms with Gasteiger partial charge in [0, 0.05) is 37.2 Å². The van der Waals surface area contributed by atoms with Crippen LogP contribution in [0.2, 0.25) is 19.6 Å². The van der Waals surface area contributed by atoms with E-state index in [-0.39, 0.29) is 20.1 Å². The first-order valence-corrected chi connectivity index (χ1v) is 19.4. The third kappa shape index (κ3) is 7.24. The number of thiophene rings is 1. The number of rotatable bonds is 4. The van der Waals surface area contributed by atoms with Crippen molar-refractivity contribution >= 4 is 44.8 Å². The van der Waals surface area contributed by atoms with E-state index >= 15 is 0 Å². The minimum atomic E-state index is -1.33. The fraction of sp³-hybridized carbons (Fsp3) is 0.263. The molecule has 1 saturated carbocycles. The number of fused-ring (bicyclic) bond motifs is 3. The number of pyridine rings is 2. The van der Waals surface area contributed by atoms with Gasteiger partial charge in [-0.2, -0.15) is 11.3 Å². The Kier molecular flexibility index (Phi) is 10.1. The van der Waals surface area contributed by atoms with Gasteiger partial charge in [-0.15, -0.1) is 59.7 Å². The topological polar surface area (TPSA) is 25.8 Å². The third-order valence-electron chi connectivity index (χ3n) is 8.31. The molecule has 0 N–H and O–H groups in total. The van der Waals surface area contributed by atoms with Gasteiger partial charge in [-0.25, -0.2) is 0 Å². The van der Waals surface area contributed by atoms with Gasteiger partial charge >= 0.3 is 0 Å². The Morgan fingerprint density at radius 2 is 1.63 bits per heavy atom. The van der Waals surface area contributed by atoms with Gasteiger partial charge in [0.15, 0.2) is 0 Å². The van der Waals surface area contributed by atoms with Crippen LogP contribution in [-0.2, 0) is 20.1 Å². The maximum atomic E-state index is 4.76. The van der Waals surface area contributed by atoms with E-state index in [1.807, 2.05) is 61.0 Å². The fourth-order valence-corrected chi connectivity index (χ4v) is 8.20. The van der Waals surface area contributed by atoms with Crippen molar-refractivity contribution in [3.05, 3.63) is 115 Å². The molecule has 6 aromatic rings. The normalized spacial score (nSPS) is 13.8. The summed E-state index contributed by atoms with van der Waals surface area (Å²) in [5.41, 5.74) is 6.90. The molecule has 0 unspecified atom stereocenters. The molecule has 0 amide bonds. The second-order valence-electron chi connectivity index (χ2n) is 12.5. The van der Waals surface area contributed by atoms with Crippen LogP contribution in [0, 0.1) is 19.1 Å². The zero-order chi connectivity index (χ0) is 29.1. The van der Waals surface area contributed by atoms with Crippen LogP contribution in [0.5, 0.6) is 0 Å². The standard InChI is InChI=1S/C26H28NSSi.C12H10N.Ir/c1-29(2,3)20-12-13-25-23(17-20)21-10-7-11-22(26(21)28-25)24-16-19(14-15-27-24)18-8-5-4-6-9-18;1-10-7-8-12(13-9-10)11-5-3-2-4-6-11;/h7,10,12-18H,4-6,8-9H2,1-3H3;2-5,7-9H,1H3;/q2*-1;. The average molecular weight is 775 g/mol. The Labute approximate surface area is 275 Å². The molecule has 3 heterocycles. The number of aryl methyl sites for hydroxylation is 1.